The van der Waals surface area contributed by atoms with E-state index in [1.54, 1.807) is 31.2 Å². The lowest BCUT2D eigenvalue weighted by Crippen LogP contribution is -2.38. The van der Waals surface area contributed by atoms with Gasteiger partial charge in [0.1, 0.15) is 0 Å². The number of rotatable bonds is 4. The third kappa shape index (κ3) is 2.96. The molecule has 4 heteroatoms. The molecule has 3 nitrogen and oxygen atoms in total. The van der Waals surface area contributed by atoms with Crippen LogP contribution >= 0.6 is 0 Å². The second kappa shape index (κ2) is 6.10. The summed E-state index contributed by atoms with van der Waals surface area (Å²) in [5, 5.41) is -0.539. The molecule has 1 aliphatic rings. The van der Waals surface area contributed by atoms with E-state index in [1.807, 2.05) is 13.0 Å². The normalized spacial score (nSPS) is 25.1. The topological polar surface area (TPSA) is 43.4 Å². The molecule has 0 unspecified atom stereocenters. The smallest absolute Gasteiger partial charge is 0.183 e. The second-order valence-electron chi connectivity index (χ2n) is 5.32. The Bertz CT molecular complexity index is 575. The lowest BCUT2D eigenvalue weighted by molar-refractivity contribution is -0.00225. The zero-order valence-electron chi connectivity index (χ0n) is 12.2. The van der Waals surface area contributed by atoms with Gasteiger partial charge in [0.05, 0.1) is 22.4 Å². The Morgan fingerprint density at radius 3 is 2.55 bits per heavy atom. The molecule has 2 rings (SSSR count). The van der Waals surface area contributed by atoms with Crippen LogP contribution in [-0.4, -0.2) is 25.9 Å². The first kappa shape index (κ1) is 15.3. The van der Waals surface area contributed by atoms with Gasteiger partial charge in [-0.25, -0.2) is 8.42 Å². The summed E-state index contributed by atoms with van der Waals surface area (Å²) in [6.07, 6.45) is 3.42. The van der Waals surface area contributed by atoms with Gasteiger partial charge in [-0.15, -0.1) is 0 Å². The van der Waals surface area contributed by atoms with E-state index in [0.29, 0.717) is 11.3 Å². The monoisotopic (exact) mass is 294 g/mol. The van der Waals surface area contributed by atoms with Gasteiger partial charge in [-0.1, -0.05) is 31.2 Å². The van der Waals surface area contributed by atoms with Crippen LogP contribution in [0, 0.1) is 0 Å². The van der Waals surface area contributed by atoms with E-state index in [1.165, 1.54) is 5.57 Å². The molecule has 0 spiro atoms. The van der Waals surface area contributed by atoms with Crippen LogP contribution in [0.3, 0.4) is 0 Å². The molecule has 0 fully saturated rings. The standard InChI is InChI=1S/C16H22O3S/c1-4-15-12(2)10-11-16(19-15)13(3)20(17,18)14-8-6-5-7-9-14/h5-10,13,15-16H,4,11H2,1-3H3/t13-,15+,16+/m1/s1. The lowest BCUT2D eigenvalue weighted by atomic mass is 10.0. The van der Waals surface area contributed by atoms with Crippen LogP contribution in [0.1, 0.15) is 33.6 Å². The van der Waals surface area contributed by atoms with Crippen molar-refractivity contribution in [1.29, 1.82) is 0 Å². The van der Waals surface area contributed by atoms with Crippen molar-refractivity contribution in [3.8, 4) is 0 Å². The van der Waals surface area contributed by atoms with E-state index in [2.05, 4.69) is 13.0 Å². The summed E-state index contributed by atoms with van der Waals surface area (Å²) in [6, 6.07) is 8.61. The lowest BCUT2D eigenvalue weighted by Gasteiger charge is -2.32. The van der Waals surface area contributed by atoms with Crippen LogP contribution in [0.5, 0.6) is 0 Å². The van der Waals surface area contributed by atoms with Gasteiger partial charge in [-0.2, -0.15) is 0 Å². The Balaban J connectivity index is 2.22. The van der Waals surface area contributed by atoms with Gasteiger partial charge >= 0.3 is 0 Å². The number of hydrogen-bond acceptors (Lipinski definition) is 3. The zero-order valence-corrected chi connectivity index (χ0v) is 13.1. The van der Waals surface area contributed by atoms with Gasteiger partial charge in [-0.3, -0.25) is 0 Å². The summed E-state index contributed by atoms with van der Waals surface area (Å²) in [4.78, 5) is 0.371. The summed E-state index contributed by atoms with van der Waals surface area (Å²) >= 11 is 0. The highest BCUT2D eigenvalue weighted by molar-refractivity contribution is 7.92. The van der Waals surface area contributed by atoms with E-state index < -0.39 is 15.1 Å². The van der Waals surface area contributed by atoms with Crippen LogP contribution in [-0.2, 0) is 14.6 Å². The van der Waals surface area contributed by atoms with E-state index in [0.717, 1.165) is 6.42 Å². The molecule has 0 saturated carbocycles. The molecule has 1 heterocycles. The summed E-state index contributed by atoms with van der Waals surface area (Å²) < 4.78 is 31.2. The van der Waals surface area contributed by atoms with Crippen molar-refractivity contribution in [3.05, 3.63) is 42.0 Å². The number of benzene rings is 1. The molecule has 0 aliphatic carbocycles. The Morgan fingerprint density at radius 1 is 1.30 bits per heavy atom. The minimum atomic E-state index is -3.34. The van der Waals surface area contributed by atoms with Crippen LogP contribution in [0.4, 0.5) is 0 Å². The molecule has 1 aromatic carbocycles. The maximum Gasteiger partial charge on any atom is 0.183 e. The Labute approximate surface area is 121 Å². The van der Waals surface area contributed by atoms with Crippen molar-refractivity contribution in [2.75, 3.05) is 0 Å². The molecule has 0 aromatic heterocycles. The Hall–Kier alpha value is -1.13. The van der Waals surface area contributed by atoms with Crippen LogP contribution < -0.4 is 0 Å². The third-order valence-corrected chi connectivity index (χ3v) is 6.19. The van der Waals surface area contributed by atoms with Gasteiger partial charge in [-0.05, 0) is 44.4 Å². The van der Waals surface area contributed by atoms with Crippen molar-refractivity contribution < 1.29 is 13.2 Å². The number of hydrogen-bond donors (Lipinski definition) is 0. The molecule has 0 N–H and O–H groups in total. The van der Waals surface area contributed by atoms with Crippen LogP contribution in [0.15, 0.2) is 46.9 Å². The predicted octanol–water partition coefficient (Wildman–Crippen LogP) is 3.36. The van der Waals surface area contributed by atoms with E-state index in [4.69, 9.17) is 4.74 Å². The van der Waals surface area contributed by atoms with E-state index in [9.17, 15) is 8.42 Å². The summed E-state index contributed by atoms with van der Waals surface area (Å²) in [6.45, 7) is 5.84. The second-order valence-corrected chi connectivity index (χ2v) is 7.62. The molecule has 0 amide bonds. The highest BCUT2D eigenvalue weighted by atomic mass is 32.2. The quantitative estimate of drug-likeness (QED) is 0.800. The predicted molar refractivity (Wildman–Crippen MR) is 80.4 cm³/mol. The molecule has 0 bridgehead atoms. The minimum Gasteiger partial charge on any atom is -0.369 e. The summed E-state index contributed by atoms with van der Waals surface area (Å²) in [5.41, 5.74) is 1.20. The van der Waals surface area contributed by atoms with Crippen LogP contribution in [0.2, 0.25) is 0 Å². The average molecular weight is 294 g/mol. The van der Waals surface area contributed by atoms with Crippen molar-refractivity contribution in [3.63, 3.8) is 0 Å². The molecular formula is C16H22O3S. The maximum atomic E-state index is 12.6. The zero-order chi connectivity index (χ0) is 14.8. The molecular weight excluding hydrogens is 272 g/mol. The highest BCUT2D eigenvalue weighted by Crippen LogP contribution is 2.28. The fourth-order valence-electron chi connectivity index (χ4n) is 2.55. The molecule has 0 saturated heterocycles. The van der Waals surface area contributed by atoms with Gasteiger partial charge in [0, 0.05) is 0 Å². The molecule has 1 aliphatic heterocycles. The Morgan fingerprint density at radius 2 is 1.95 bits per heavy atom. The highest BCUT2D eigenvalue weighted by Gasteiger charge is 2.34. The van der Waals surface area contributed by atoms with E-state index >= 15 is 0 Å². The molecule has 0 radical (unpaired) electrons. The SMILES string of the molecule is CC[C@@H]1O[C@H]([C@@H](C)S(=O)(=O)c2ccccc2)CC=C1C. The third-order valence-electron chi connectivity index (χ3n) is 3.97. The average Bonchev–Trinajstić information content (AvgIpc) is 2.48. The van der Waals surface area contributed by atoms with Crippen molar-refractivity contribution in [1.82, 2.24) is 0 Å². The summed E-state index contributed by atoms with van der Waals surface area (Å²) in [7, 11) is -3.34. The van der Waals surface area contributed by atoms with Gasteiger partial charge in [0.2, 0.25) is 0 Å². The molecule has 110 valence electrons. The largest absolute Gasteiger partial charge is 0.369 e. The number of sulfone groups is 1. The first-order chi connectivity index (χ1) is 9.46. The first-order valence-corrected chi connectivity index (χ1v) is 8.62. The van der Waals surface area contributed by atoms with Gasteiger partial charge in [0.25, 0.3) is 0 Å². The van der Waals surface area contributed by atoms with Crippen molar-refractivity contribution in [2.45, 2.75) is 56.0 Å². The van der Waals surface area contributed by atoms with Crippen molar-refractivity contribution in [2.24, 2.45) is 0 Å². The van der Waals surface area contributed by atoms with E-state index in [-0.39, 0.29) is 12.2 Å². The van der Waals surface area contributed by atoms with Gasteiger partial charge in [0.15, 0.2) is 9.84 Å². The fourth-order valence-corrected chi connectivity index (χ4v) is 4.09. The van der Waals surface area contributed by atoms with Crippen molar-refractivity contribution >= 4 is 9.84 Å². The Kier molecular flexibility index (Phi) is 4.66. The first-order valence-electron chi connectivity index (χ1n) is 7.08. The summed E-state index contributed by atoms with van der Waals surface area (Å²) in [5.74, 6) is 0. The molecule has 20 heavy (non-hydrogen) atoms. The maximum absolute atomic E-state index is 12.6. The van der Waals surface area contributed by atoms with Gasteiger partial charge < -0.3 is 4.74 Å². The van der Waals surface area contributed by atoms with Crippen LogP contribution in [0.25, 0.3) is 0 Å². The molecule has 1 aromatic rings. The fraction of sp³-hybridized carbons (Fsp3) is 0.500. The number of ether oxygens (including phenoxy) is 1. The molecule has 3 atom stereocenters. The minimum absolute atomic E-state index is 0.0437.